The van der Waals surface area contributed by atoms with E-state index in [1.165, 1.54) is 23.2 Å². The molecule has 0 aromatic carbocycles. The number of primary sulfonamides is 1. The van der Waals surface area contributed by atoms with E-state index in [1.807, 2.05) is 6.92 Å². The third-order valence-corrected chi connectivity index (χ3v) is 3.43. The average Bonchev–Trinajstić information content (AvgIpc) is 2.50. The summed E-state index contributed by atoms with van der Waals surface area (Å²) in [4.78, 5) is 16.7. The fraction of sp³-hybridized carbons (Fsp3) is 0.500. The highest BCUT2D eigenvalue weighted by molar-refractivity contribution is 7.88. The summed E-state index contributed by atoms with van der Waals surface area (Å²) in [5, 5.41) is 6.98. The molecule has 0 saturated carbocycles. The number of hydrogen-bond acceptors (Lipinski definition) is 5. The van der Waals surface area contributed by atoms with Gasteiger partial charge in [-0.1, -0.05) is 0 Å². The summed E-state index contributed by atoms with van der Waals surface area (Å²) in [6.45, 7) is 3.75. The number of carbonyl (C=O) groups excluding carboxylic acids is 1. The van der Waals surface area contributed by atoms with Crippen molar-refractivity contribution >= 4 is 32.4 Å². The van der Waals surface area contributed by atoms with Gasteiger partial charge in [-0.2, -0.15) is 0 Å². The van der Waals surface area contributed by atoms with Gasteiger partial charge in [-0.05, 0) is 6.92 Å². The average molecular weight is 263 g/mol. The molecule has 1 aromatic heterocycles. The molecule has 0 fully saturated rings. The van der Waals surface area contributed by atoms with Gasteiger partial charge in [-0.25, -0.2) is 18.5 Å². The van der Waals surface area contributed by atoms with Crippen LogP contribution in [0.2, 0.25) is 0 Å². The Morgan fingerprint density at radius 3 is 2.69 bits per heavy atom. The van der Waals surface area contributed by atoms with Crippen LogP contribution in [0.3, 0.4) is 0 Å². The molecule has 0 atom stereocenters. The van der Waals surface area contributed by atoms with Gasteiger partial charge in [0.05, 0.1) is 5.69 Å². The number of aromatic nitrogens is 1. The lowest BCUT2D eigenvalue weighted by Gasteiger charge is -2.14. The second-order valence-corrected chi connectivity index (χ2v) is 5.64. The van der Waals surface area contributed by atoms with Crippen LogP contribution in [0.5, 0.6) is 0 Å². The Morgan fingerprint density at radius 1 is 1.62 bits per heavy atom. The smallest absolute Gasteiger partial charge is 0.225 e. The van der Waals surface area contributed by atoms with Gasteiger partial charge in [0.1, 0.15) is 5.75 Å². The molecule has 0 unspecified atom stereocenters. The first-order valence-corrected chi connectivity index (χ1v) is 7.16. The van der Waals surface area contributed by atoms with E-state index in [1.54, 1.807) is 5.38 Å². The SMILES string of the molecule is CCN(C(C)=O)c1nc(CS(N)(=O)=O)cs1. The molecule has 0 aliphatic carbocycles. The third-order valence-electron chi connectivity index (χ3n) is 1.82. The van der Waals surface area contributed by atoms with Crippen molar-refractivity contribution in [2.45, 2.75) is 19.6 Å². The Kier molecular flexibility index (Phi) is 4.00. The van der Waals surface area contributed by atoms with Crippen LogP contribution in [0.25, 0.3) is 0 Å². The summed E-state index contributed by atoms with van der Waals surface area (Å²) >= 11 is 1.23. The van der Waals surface area contributed by atoms with Crippen molar-refractivity contribution < 1.29 is 13.2 Å². The highest BCUT2D eigenvalue weighted by atomic mass is 32.2. The van der Waals surface area contributed by atoms with Crippen molar-refractivity contribution in [3.63, 3.8) is 0 Å². The first kappa shape index (κ1) is 13.1. The summed E-state index contributed by atoms with van der Waals surface area (Å²) in [5.74, 6) is -0.433. The van der Waals surface area contributed by atoms with Crippen LogP contribution in [0.15, 0.2) is 5.38 Å². The number of carbonyl (C=O) groups is 1. The van der Waals surface area contributed by atoms with E-state index in [4.69, 9.17) is 5.14 Å². The summed E-state index contributed by atoms with van der Waals surface area (Å²) in [7, 11) is -3.58. The normalized spacial score (nSPS) is 11.4. The van der Waals surface area contributed by atoms with Gasteiger partial charge in [-0.15, -0.1) is 11.3 Å². The van der Waals surface area contributed by atoms with Crippen molar-refractivity contribution in [2.75, 3.05) is 11.4 Å². The number of hydrogen-bond donors (Lipinski definition) is 1. The van der Waals surface area contributed by atoms with Gasteiger partial charge in [0.15, 0.2) is 5.13 Å². The van der Waals surface area contributed by atoms with Crippen molar-refractivity contribution in [2.24, 2.45) is 5.14 Å². The van der Waals surface area contributed by atoms with E-state index in [0.29, 0.717) is 17.4 Å². The lowest BCUT2D eigenvalue weighted by Crippen LogP contribution is -2.27. The summed E-state index contributed by atoms with van der Waals surface area (Å²) in [6, 6.07) is 0. The first-order chi connectivity index (χ1) is 7.33. The number of rotatable bonds is 4. The van der Waals surface area contributed by atoms with E-state index in [0.717, 1.165) is 0 Å². The molecule has 0 bridgehead atoms. The zero-order chi connectivity index (χ0) is 12.3. The van der Waals surface area contributed by atoms with Crippen molar-refractivity contribution in [3.05, 3.63) is 11.1 Å². The number of amides is 1. The van der Waals surface area contributed by atoms with Crippen LogP contribution in [-0.4, -0.2) is 25.9 Å². The first-order valence-electron chi connectivity index (χ1n) is 4.56. The molecule has 0 saturated heterocycles. The summed E-state index contributed by atoms with van der Waals surface area (Å²) < 4.78 is 21.7. The number of sulfonamides is 1. The van der Waals surface area contributed by atoms with Gasteiger partial charge < -0.3 is 0 Å². The molecule has 16 heavy (non-hydrogen) atoms. The van der Waals surface area contributed by atoms with Crippen LogP contribution >= 0.6 is 11.3 Å². The predicted molar refractivity (Wildman–Crippen MR) is 62.6 cm³/mol. The topological polar surface area (TPSA) is 93.4 Å². The minimum Gasteiger partial charge on any atom is -0.289 e. The van der Waals surface area contributed by atoms with Gasteiger partial charge in [-0.3, -0.25) is 9.69 Å². The third kappa shape index (κ3) is 3.54. The highest BCUT2D eigenvalue weighted by Gasteiger charge is 2.15. The maximum Gasteiger partial charge on any atom is 0.225 e. The fourth-order valence-corrected chi connectivity index (χ4v) is 2.78. The van der Waals surface area contributed by atoms with E-state index in [2.05, 4.69) is 4.98 Å². The Labute approximate surface area is 98.1 Å². The standard InChI is InChI=1S/C8H13N3O3S2/c1-3-11(6(2)12)8-10-7(4-15-8)5-16(9,13)14/h4H,3,5H2,1-2H3,(H2,9,13,14). The Morgan fingerprint density at radius 2 is 2.25 bits per heavy atom. The maximum absolute atomic E-state index is 11.2. The molecule has 1 heterocycles. The molecule has 0 aliphatic rings. The number of nitrogens with zero attached hydrogens (tertiary/aromatic N) is 2. The molecule has 8 heteroatoms. The lowest BCUT2D eigenvalue weighted by atomic mass is 10.5. The largest absolute Gasteiger partial charge is 0.289 e. The Balaban J connectivity index is 2.90. The van der Waals surface area contributed by atoms with Crippen LogP contribution in [0, 0.1) is 0 Å². The molecule has 1 amide bonds. The zero-order valence-corrected chi connectivity index (χ0v) is 10.6. The molecule has 0 aliphatic heterocycles. The molecule has 90 valence electrons. The quantitative estimate of drug-likeness (QED) is 0.845. The van der Waals surface area contributed by atoms with Crippen molar-refractivity contribution in [1.29, 1.82) is 0 Å². The van der Waals surface area contributed by atoms with Gasteiger partial charge >= 0.3 is 0 Å². The predicted octanol–water partition coefficient (Wildman–Crippen LogP) is 0.304. The highest BCUT2D eigenvalue weighted by Crippen LogP contribution is 2.21. The molecular weight excluding hydrogens is 250 g/mol. The monoisotopic (exact) mass is 263 g/mol. The summed E-state index contributed by atoms with van der Waals surface area (Å²) in [6.07, 6.45) is 0. The van der Waals surface area contributed by atoms with Crippen molar-refractivity contribution in [1.82, 2.24) is 4.98 Å². The molecule has 1 aromatic rings. The number of anilines is 1. The zero-order valence-electron chi connectivity index (χ0n) is 9.00. The van der Waals surface area contributed by atoms with Crippen LogP contribution in [0.1, 0.15) is 19.5 Å². The second-order valence-electron chi connectivity index (χ2n) is 3.19. The maximum atomic E-state index is 11.2. The Bertz CT molecular complexity index is 480. The molecule has 6 nitrogen and oxygen atoms in total. The molecule has 1 rings (SSSR count). The van der Waals surface area contributed by atoms with Crippen LogP contribution < -0.4 is 10.0 Å². The number of nitrogens with two attached hydrogens (primary N) is 1. The lowest BCUT2D eigenvalue weighted by molar-refractivity contribution is -0.116. The molecular formula is C8H13N3O3S2. The summed E-state index contributed by atoms with van der Waals surface area (Å²) in [5.41, 5.74) is 0.363. The number of thiazole rings is 1. The van der Waals surface area contributed by atoms with Crippen LogP contribution in [-0.2, 0) is 20.6 Å². The van der Waals surface area contributed by atoms with Crippen LogP contribution in [0.4, 0.5) is 5.13 Å². The Hall–Kier alpha value is -0.990. The van der Waals surface area contributed by atoms with E-state index < -0.39 is 10.0 Å². The van der Waals surface area contributed by atoms with Gasteiger partial charge in [0.2, 0.25) is 15.9 Å². The van der Waals surface area contributed by atoms with Gasteiger partial charge in [0.25, 0.3) is 0 Å². The molecule has 0 radical (unpaired) electrons. The molecule has 0 spiro atoms. The van der Waals surface area contributed by atoms with E-state index in [9.17, 15) is 13.2 Å². The second kappa shape index (κ2) is 4.89. The van der Waals surface area contributed by atoms with E-state index in [-0.39, 0.29) is 11.7 Å². The minimum absolute atomic E-state index is 0.126. The minimum atomic E-state index is -3.58. The van der Waals surface area contributed by atoms with E-state index >= 15 is 0 Å². The van der Waals surface area contributed by atoms with Crippen molar-refractivity contribution in [3.8, 4) is 0 Å². The molecule has 2 N–H and O–H groups in total. The van der Waals surface area contributed by atoms with Gasteiger partial charge in [0, 0.05) is 18.8 Å². The fourth-order valence-electron chi connectivity index (χ4n) is 1.19.